The van der Waals surface area contributed by atoms with E-state index in [1.807, 2.05) is 31.2 Å². The van der Waals surface area contributed by atoms with Crippen molar-refractivity contribution in [2.45, 2.75) is 37.8 Å². The Morgan fingerprint density at radius 3 is 2.51 bits per heavy atom. The highest BCUT2D eigenvalue weighted by Crippen LogP contribution is 2.30. The number of hydrogen-bond donors (Lipinski definition) is 2. The van der Waals surface area contributed by atoms with Crippen LogP contribution in [0.15, 0.2) is 71.6 Å². The number of hydrazine groups is 1. The van der Waals surface area contributed by atoms with Crippen molar-refractivity contribution >= 4 is 39.2 Å². The molecule has 2 N–H and O–H groups in total. The van der Waals surface area contributed by atoms with Crippen LogP contribution in [0.25, 0.3) is 0 Å². The van der Waals surface area contributed by atoms with E-state index in [-0.39, 0.29) is 28.1 Å². The predicted octanol–water partition coefficient (Wildman–Crippen LogP) is 3.84. The van der Waals surface area contributed by atoms with Gasteiger partial charge in [0.1, 0.15) is 10.6 Å². The summed E-state index contributed by atoms with van der Waals surface area (Å²) in [6.45, 7) is 3.28. The molecule has 1 heterocycles. The van der Waals surface area contributed by atoms with Gasteiger partial charge in [0.05, 0.1) is 16.8 Å². The predicted molar refractivity (Wildman–Crippen MR) is 133 cm³/mol. The van der Waals surface area contributed by atoms with E-state index in [0.29, 0.717) is 11.3 Å². The van der Waals surface area contributed by atoms with Crippen molar-refractivity contribution in [3.8, 4) is 5.75 Å². The molecule has 1 atom stereocenters. The van der Waals surface area contributed by atoms with Gasteiger partial charge < -0.3 is 4.74 Å². The van der Waals surface area contributed by atoms with Gasteiger partial charge in [0.25, 0.3) is 5.91 Å². The molecule has 1 amide bonds. The molecule has 1 unspecified atom stereocenters. The van der Waals surface area contributed by atoms with Crippen molar-refractivity contribution < 1.29 is 22.7 Å². The van der Waals surface area contributed by atoms with E-state index in [0.717, 1.165) is 17.7 Å². The number of amides is 1. The number of carbonyl (C=O) groups excluding carboxylic acids is 2. The molecule has 0 spiro atoms. The second kappa shape index (κ2) is 10.1. The molecular formula is C25H24ClN3O5S. The van der Waals surface area contributed by atoms with Gasteiger partial charge in [-0.15, -0.1) is 0 Å². The minimum absolute atomic E-state index is 0.000794. The van der Waals surface area contributed by atoms with Gasteiger partial charge in [-0.25, -0.2) is 13.1 Å². The zero-order chi connectivity index (χ0) is 25.2. The van der Waals surface area contributed by atoms with Crippen LogP contribution in [0.3, 0.4) is 0 Å². The topological polar surface area (TPSA) is 105 Å². The molecule has 8 nitrogen and oxygen atoms in total. The smallest absolute Gasteiger partial charge is 0.308 e. The summed E-state index contributed by atoms with van der Waals surface area (Å²) in [4.78, 5) is 23.8. The molecule has 4 rings (SSSR count). The van der Waals surface area contributed by atoms with Crippen LogP contribution in [0.4, 0.5) is 5.69 Å². The molecule has 0 aliphatic carbocycles. The zero-order valence-corrected chi connectivity index (χ0v) is 20.7. The number of carbonyl (C=O) groups is 2. The Morgan fingerprint density at radius 1 is 1.09 bits per heavy atom. The molecule has 0 radical (unpaired) electrons. The number of hydrogen-bond acceptors (Lipinski definition) is 6. The maximum absolute atomic E-state index is 13.0. The summed E-state index contributed by atoms with van der Waals surface area (Å²) < 4.78 is 33.4. The number of halogens is 1. The number of nitrogens with zero attached hydrogens (tertiary/aromatic N) is 1. The van der Waals surface area contributed by atoms with Gasteiger partial charge in [-0.05, 0) is 60.9 Å². The van der Waals surface area contributed by atoms with Crippen LogP contribution in [0.2, 0.25) is 5.02 Å². The van der Waals surface area contributed by atoms with Crippen LogP contribution in [-0.2, 0) is 27.8 Å². The van der Waals surface area contributed by atoms with E-state index in [4.69, 9.17) is 16.3 Å². The van der Waals surface area contributed by atoms with Crippen molar-refractivity contribution in [1.82, 2.24) is 10.1 Å². The second-order valence-electron chi connectivity index (χ2n) is 8.20. The number of nitrogens with one attached hydrogen (secondary N) is 2. The van der Waals surface area contributed by atoms with Gasteiger partial charge in [-0.1, -0.05) is 41.9 Å². The quantitative estimate of drug-likeness (QED) is 0.367. The summed E-state index contributed by atoms with van der Waals surface area (Å²) in [5.74, 6) is -0.524. The van der Waals surface area contributed by atoms with Gasteiger partial charge >= 0.3 is 5.97 Å². The number of para-hydroxylation sites is 1. The van der Waals surface area contributed by atoms with E-state index >= 15 is 0 Å². The summed E-state index contributed by atoms with van der Waals surface area (Å²) in [6.07, 6.45) is 0.794. The highest BCUT2D eigenvalue weighted by atomic mass is 35.5. The van der Waals surface area contributed by atoms with E-state index in [9.17, 15) is 18.0 Å². The molecule has 0 saturated carbocycles. The fraction of sp³-hybridized carbons (Fsp3) is 0.200. The highest BCUT2D eigenvalue weighted by Gasteiger charge is 2.28. The van der Waals surface area contributed by atoms with Crippen LogP contribution < -0.4 is 19.9 Å². The Labute approximate surface area is 208 Å². The molecule has 3 aromatic rings. The third kappa shape index (κ3) is 5.64. The van der Waals surface area contributed by atoms with Gasteiger partial charge in [0.15, 0.2) is 0 Å². The first kappa shape index (κ1) is 24.7. The number of benzene rings is 3. The Morgan fingerprint density at radius 2 is 1.80 bits per heavy atom. The Bertz CT molecular complexity index is 1380. The van der Waals surface area contributed by atoms with Crippen LogP contribution in [0, 0.1) is 0 Å². The summed E-state index contributed by atoms with van der Waals surface area (Å²) in [5, 5.41) is 1.79. The molecule has 182 valence electrons. The number of anilines is 1. The second-order valence-corrected chi connectivity index (χ2v) is 10.3. The number of fused-ring (bicyclic) bond motifs is 1. The van der Waals surface area contributed by atoms with Crippen LogP contribution in [0.1, 0.15) is 35.3 Å². The lowest BCUT2D eigenvalue weighted by Crippen LogP contribution is -2.45. The molecular weight excluding hydrogens is 490 g/mol. The Balaban J connectivity index is 1.48. The van der Waals surface area contributed by atoms with Gasteiger partial charge in [-0.2, -0.15) is 0 Å². The largest absolute Gasteiger partial charge is 0.427 e. The lowest BCUT2D eigenvalue weighted by atomic mass is 10.1. The Kier molecular flexibility index (Phi) is 7.11. The SMILES string of the molecule is CC(=O)Oc1ccc(CNS(=O)(=O)c2cc(C(=O)NN3c4ccccc4CC3C)ccc2Cl)cc1. The summed E-state index contributed by atoms with van der Waals surface area (Å²) in [5.41, 5.74) is 5.73. The molecule has 0 fully saturated rings. The maximum atomic E-state index is 13.0. The van der Waals surface area contributed by atoms with Crippen molar-refractivity contribution in [3.05, 3.63) is 88.4 Å². The minimum atomic E-state index is -4.02. The molecule has 3 aromatic carbocycles. The summed E-state index contributed by atoms with van der Waals surface area (Å²) in [6, 6.07) is 18.4. The standard InChI is InChI=1S/C25H24ClN3O5S/c1-16-13-19-5-3-4-6-23(19)29(16)28-25(31)20-9-12-22(26)24(14-20)35(32,33)27-15-18-7-10-21(11-8-18)34-17(2)30/h3-12,14,16,27H,13,15H2,1-2H3,(H,28,31). The van der Waals surface area contributed by atoms with Crippen LogP contribution >= 0.6 is 11.6 Å². The van der Waals surface area contributed by atoms with Crippen molar-refractivity contribution in [1.29, 1.82) is 0 Å². The van der Waals surface area contributed by atoms with Crippen molar-refractivity contribution in [2.24, 2.45) is 0 Å². The average molecular weight is 514 g/mol. The van der Waals surface area contributed by atoms with Crippen molar-refractivity contribution in [3.63, 3.8) is 0 Å². The fourth-order valence-electron chi connectivity index (χ4n) is 3.86. The normalized spacial score (nSPS) is 14.9. The van der Waals surface area contributed by atoms with E-state index < -0.39 is 21.9 Å². The van der Waals surface area contributed by atoms with E-state index in [1.165, 1.54) is 25.1 Å². The van der Waals surface area contributed by atoms with E-state index in [2.05, 4.69) is 10.1 Å². The van der Waals surface area contributed by atoms with Crippen LogP contribution in [0.5, 0.6) is 5.75 Å². The number of sulfonamides is 1. The highest BCUT2D eigenvalue weighted by molar-refractivity contribution is 7.89. The molecule has 0 bridgehead atoms. The third-order valence-electron chi connectivity index (χ3n) is 5.56. The Hall–Kier alpha value is -3.40. The summed E-state index contributed by atoms with van der Waals surface area (Å²) in [7, 11) is -4.02. The molecule has 35 heavy (non-hydrogen) atoms. The average Bonchev–Trinajstić information content (AvgIpc) is 3.13. The lowest BCUT2D eigenvalue weighted by Gasteiger charge is -2.25. The molecule has 1 aliphatic rings. The monoisotopic (exact) mass is 513 g/mol. The fourth-order valence-corrected chi connectivity index (χ4v) is 5.40. The zero-order valence-electron chi connectivity index (χ0n) is 19.1. The third-order valence-corrected chi connectivity index (χ3v) is 7.45. The number of rotatable bonds is 7. The number of ether oxygens (including phenoxy) is 1. The van der Waals surface area contributed by atoms with Gasteiger partial charge in [0.2, 0.25) is 10.0 Å². The molecule has 1 aliphatic heterocycles. The van der Waals surface area contributed by atoms with Gasteiger partial charge in [-0.3, -0.25) is 20.0 Å². The van der Waals surface area contributed by atoms with Gasteiger partial charge in [0, 0.05) is 19.0 Å². The first-order valence-electron chi connectivity index (χ1n) is 10.9. The lowest BCUT2D eigenvalue weighted by molar-refractivity contribution is -0.131. The maximum Gasteiger partial charge on any atom is 0.308 e. The summed E-state index contributed by atoms with van der Waals surface area (Å²) >= 11 is 6.19. The van der Waals surface area contributed by atoms with Crippen LogP contribution in [-0.4, -0.2) is 26.3 Å². The van der Waals surface area contributed by atoms with E-state index in [1.54, 1.807) is 29.3 Å². The number of esters is 1. The molecule has 0 aromatic heterocycles. The first-order valence-corrected chi connectivity index (χ1v) is 12.7. The first-order chi connectivity index (χ1) is 16.6. The molecule has 10 heteroatoms. The minimum Gasteiger partial charge on any atom is -0.427 e. The van der Waals surface area contributed by atoms with Crippen molar-refractivity contribution in [2.75, 3.05) is 5.01 Å². The molecule has 0 saturated heterocycles.